The van der Waals surface area contributed by atoms with Gasteiger partial charge in [0, 0.05) is 0 Å². The van der Waals surface area contributed by atoms with Crippen LogP contribution in [0, 0.1) is 0 Å². The van der Waals surface area contributed by atoms with E-state index in [0.29, 0.717) is 0 Å². The lowest BCUT2D eigenvalue weighted by molar-refractivity contribution is 0.275. The summed E-state index contributed by atoms with van der Waals surface area (Å²) in [7, 11) is -4.64. The number of phosphoric acid groups is 1. The van der Waals surface area contributed by atoms with Gasteiger partial charge in [0.15, 0.2) is 0 Å². The highest BCUT2D eigenvalue weighted by molar-refractivity contribution is 7.77. The van der Waals surface area contributed by atoms with Gasteiger partial charge in [-0.05, 0) is 0 Å². The largest absolute Gasteiger partial charge is 0.466 e. The molecule has 0 unspecified atom stereocenters. The molecular weight excluding hydrogens is 169 g/mol. The van der Waals surface area contributed by atoms with Gasteiger partial charge in [0.05, 0.1) is 0 Å². The summed E-state index contributed by atoms with van der Waals surface area (Å²) >= 11 is 3.03. The van der Waals surface area contributed by atoms with Gasteiger partial charge >= 0.3 is 7.82 Å². The van der Waals surface area contributed by atoms with Crippen molar-refractivity contribution in [2.24, 2.45) is 5.14 Å². The van der Waals surface area contributed by atoms with Crippen molar-refractivity contribution < 1.29 is 19.2 Å². The predicted molar refractivity (Wildman–Crippen MR) is 37.5 cm³/mol. The molecule has 11 N–H and O–H groups in total. The van der Waals surface area contributed by atoms with E-state index in [1.165, 1.54) is 0 Å². The maximum atomic E-state index is 8.88. The molecule has 0 bridgehead atoms. The van der Waals surface area contributed by atoms with Crippen LogP contribution in [0.25, 0.3) is 0 Å². The van der Waals surface area contributed by atoms with Crippen molar-refractivity contribution in [1.29, 1.82) is 0 Å². The Morgan fingerprint density at radius 2 is 1.11 bits per heavy atom. The molecule has 9 heteroatoms. The Bertz CT molecular complexity index is 61.9. The average molecular weight is 181 g/mol. The normalized spacial score (nSPS) is 7.22. The summed E-state index contributed by atoms with van der Waals surface area (Å²) in [6, 6.07) is 0. The SMILES string of the molecule is N.N.NS.O=P(O)(O)O. The van der Waals surface area contributed by atoms with Gasteiger partial charge < -0.3 is 27.0 Å². The lowest BCUT2D eigenvalue weighted by atomic mass is 14.0. The van der Waals surface area contributed by atoms with Gasteiger partial charge in [-0.15, -0.1) is 12.8 Å². The standard InChI is InChI=1S/H3NS.2H3N.H3O4P/c1-2;;;1-5(2,3)4/h2H,1H2;2*1H3;(H3,1,2,3,4). The van der Waals surface area contributed by atoms with Crippen LogP contribution in [0.2, 0.25) is 0 Å². The Balaban J connectivity index is -0.0000000286. The molecule has 0 saturated carbocycles. The number of hydrogen-bond acceptors (Lipinski definition) is 5. The van der Waals surface area contributed by atoms with E-state index < -0.39 is 7.82 Å². The molecule has 0 fully saturated rings. The first-order chi connectivity index (χ1) is 3.00. The number of hydrogen-bond donors (Lipinski definition) is 7. The molecule has 0 aliphatic heterocycles. The molecule has 0 aliphatic carbocycles. The molecule has 0 rings (SSSR count). The van der Waals surface area contributed by atoms with Gasteiger partial charge in [-0.3, -0.25) is 5.14 Å². The van der Waals surface area contributed by atoms with E-state index in [4.69, 9.17) is 19.2 Å². The molecule has 0 radical (unpaired) electrons. The minimum Gasteiger partial charge on any atom is -0.344 e. The third-order valence-electron chi connectivity index (χ3n) is 0. The quantitative estimate of drug-likeness (QED) is 0.189. The highest BCUT2D eigenvalue weighted by Gasteiger charge is 2.00. The Morgan fingerprint density at radius 1 is 1.11 bits per heavy atom. The smallest absolute Gasteiger partial charge is 0.344 e. The topological polar surface area (TPSA) is 174 Å². The Labute approximate surface area is 58.2 Å². The van der Waals surface area contributed by atoms with Crippen LogP contribution in [0.3, 0.4) is 0 Å². The van der Waals surface area contributed by atoms with Gasteiger partial charge in [0.1, 0.15) is 0 Å². The van der Waals surface area contributed by atoms with Crippen LogP contribution in [-0.4, -0.2) is 14.7 Å². The van der Waals surface area contributed by atoms with Crippen LogP contribution in [0.4, 0.5) is 0 Å². The average Bonchev–Trinajstić information content (AvgIpc) is 1.36. The first-order valence-electron chi connectivity index (χ1n) is 1.04. The fraction of sp³-hybridized carbons (Fsp3) is 0. The Kier molecular flexibility index (Phi) is 28.3. The van der Waals surface area contributed by atoms with Gasteiger partial charge in [-0.25, -0.2) is 4.57 Å². The van der Waals surface area contributed by atoms with Crippen molar-refractivity contribution in [1.82, 2.24) is 12.3 Å². The Morgan fingerprint density at radius 3 is 1.11 bits per heavy atom. The van der Waals surface area contributed by atoms with Crippen LogP contribution >= 0.6 is 20.6 Å². The molecule has 0 aromatic rings. The van der Waals surface area contributed by atoms with E-state index in [-0.39, 0.29) is 12.3 Å². The van der Waals surface area contributed by atoms with E-state index in [1.54, 1.807) is 0 Å². The molecular formula is H12N3O4PS. The lowest BCUT2D eigenvalue weighted by Gasteiger charge is -1.82. The predicted octanol–water partition coefficient (Wildman–Crippen LogP) is -0.815. The highest BCUT2D eigenvalue weighted by Crippen LogP contribution is 2.25. The first kappa shape index (κ1) is 22.8. The maximum Gasteiger partial charge on any atom is 0.466 e. The molecule has 0 atom stereocenters. The van der Waals surface area contributed by atoms with Gasteiger partial charge in [0.2, 0.25) is 0 Å². The summed E-state index contributed by atoms with van der Waals surface area (Å²) in [5.74, 6) is 0. The third-order valence-corrected chi connectivity index (χ3v) is 0. The van der Waals surface area contributed by atoms with Gasteiger partial charge in [-0.2, -0.15) is 0 Å². The van der Waals surface area contributed by atoms with Crippen LogP contribution < -0.4 is 17.4 Å². The summed E-state index contributed by atoms with van der Waals surface area (Å²) in [4.78, 5) is 21.6. The summed E-state index contributed by atoms with van der Waals surface area (Å²) < 4.78 is 8.88. The summed E-state index contributed by atoms with van der Waals surface area (Å²) in [6.07, 6.45) is 0. The first-order valence-corrected chi connectivity index (χ1v) is 3.12. The van der Waals surface area contributed by atoms with Crippen LogP contribution in [0.15, 0.2) is 0 Å². The minimum absolute atomic E-state index is 0. The number of rotatable bonds is 0. The lowest BCUT2D eigenvalue weighted by Crippen LogP contribution is -1.66. The van der Waals surface area contributed by atoms with E-state index in [9.17, 15) is 0 Å². The van der Waals surface area contributed by atoms with Crippen molar-refractivity contribution in [3.05, 3.63) is 0 Å². The maximum absolute atomic E-state index is 8.88. The minimum atomic E-state index is -4.64. The summed E-state index contributed by atoms with van der Waals surface area (Å²) in [6.45, 7) is 0. The summed E-state index contributed by atoms with van der Waals surface area (Å²) in [5, 5.41) is 4.19. The number of thiol groups is 1. The zero-order chi connectivity index (χ0) is 6.50. The molecule has 7 nitrogen and oxygen atoms in total. The molecule has 62 valence electrons. The second kappa shape index (κ2) is 11.2. The van der Waals surface area contributed by atoms with Gasteiger partial charge in [-0.1, -0.05) is 0 Å². The van der Waals surface area contributed by atoms with Crippen molar-refractivity contribution in [3.63, 3.8) is 0 Å². The number of nitrogens with two attached hydrogens (primary N) is 1. The molecule has 0 heterocycles. The fourth-order valence-electron chi connectivity index (χ4n) is 0. The molecule has 0 spiro atoms. The van der Waals surface area contributed by atoms with Crippen molar-refractivity contribution in [3.8, 4) is 0 Å². The Hall–Kier alpha value is 0.340. The molecule has 0 aromatic carbocycles. The van der Waals surface area contributed by atoms with Crippen molar-refractivity contribution in [2.45, 2.75) is 0 Å². The van der Waals surface area contributed by atoms with Crippen molar-refractivity contribution >= 4 is 20.6 Å². The highest BCUT2D eigenvalue weighted by atomic mass is 32.1. The molecule has 0 aliphatic rings. The van der Waals surface area contributed by atoms with E-state index in [2.05, 4.69) is 18.0 Å². The van der Waals surface area contributed by atoms with Crippen LogP contribution in [0.1, 0.15) is 0 Å². The molecule has 0 amide bonds. The fourth-order valence-corrected chi connectivity index (χ4v) is 0. The summed E-state index contributed by atoms with van der Waals surface area (Å²) in [5.41, 5.74) is 0. The van der Waals surface area contributed by atoms with Crippen molar-refractivity contribution in [2.75, 3.05) is 0 Å². The van der Waals surface area contributed by atoms with E-state index in [1.807, 2.05) is 0 Å². The molecule has 0 aromatic heterocycles. The second-order valence-corrected chi connectivity index (χ2v) is 1.54. The van der Waals surface area contributed by atoms with Crippen LogP contribution in [0.5, 0.6) is 0 Å². The third kappa shape index (κ3) is 2900. The van der Waals surface area contributed by atoms with Crippen LogP contribution in [-0.2, 0) is 4.57 Å². The van der Waals surface area contributed by atoms with E-state index >= 15 is 0 Å². The molecule has 0 saturated heterocycles. The second-order valence-electron chi connectivity index (χ2n) is 0.513. The zero-order valence-corrected chi connectivity index (χ0v) is 6.42. The van der Waals surface area contributed by atoms with E-state index in [0.717, 1.165) is 0 Å². The monoisotopic (exact) mass is 181 g/mol. The zero-order valence-electron chi connectivity index (χ0n) is 4.64. The molecule has 9 heavy (non-hydrogen) atoms. The van der Waals surface area contributed by atoms with Gasteiger partial charge in [0.25, 0.3) is 0 Å².